The van der Waals surface area contributed by atoms with Gasteiger partial charge >= 0.3 is 22.4 Å². The van der Waals surface area contributed by atoms with Crippen molar-refractivity contribution in [3.05, 3.63) is 0 Å². The minimum atomic E-state index is -0.970. The molecule has 0 aliphatic carbocycles. The van der Waals surface area contributed by atoms with Crippen LogP contribution in [0.4, 0.5) is 0 Å². The summed E-state index contributed by atoms with van der Waals surface area (Å²) in [5, 5.41) is 12.8. The third kappa shape index (κ3) is 2.49. The minimum absolute atomic E-state index is 0. The van der Waals surface area contributed by atoms with Crippen molar-refractivity contribution < 1.29 is 32.3 Å². The van der Waals surface area contributed by atoms with Crippen molar-refractivity contribution in [2.24, 2.45) is 0 Å². The van der Waals surface area contributed by atoms with Gasteiger partial charge in [0.05, 0.1) is 5.97 Å². The van der Waals surface area contributed by atoms with Gasteiger partial charge in [-0.15, -0.1) is 0 Å². The van der Waals surface area contributed by atoms with Crippen LogP contribution in [0.2, 0.25) is 0 Å². The Morgan fingerprint density at radius 3 is 2.56 bits per heavy atom. The minimum Gasteiger partial charge on any atom is -0.548 e. The maximum atomic E-state index is 10.0. The van der Waals surface area contributed by atoms with Crippen molar-refractivity contribution in [1.29, 1.82) is 0 Å². The molecule has 0 bridgehead atoms. The Hall–Kier alpha value is 0.170. The molecule has 1 aliphatic rings. The maximum absolute atomic E-state index is 10.0. The van der Waals surface area contributed by atoms with E-state index < -0.39 is 5.97 Å². The Balaban J connectivity index is 0.000000640. The summed E-state index contributed by atoms with van der Waals surface area (Å²) in [7, 11) is 0. The number of aliphatic carboxylic acids is 1. The normalized spacial score (nSPS) is 25.1. The Morgan fingerprint density at radius 2 is 2.33 bits per heavy atom. The standard InChI is InChI=1S/C5H9NO2.Ag/c7-5(8)4-2-1-3-6-4;/h4,6H,1-3H2,(H,7,8);/q;+1/p-1/t4-;/m0./s1. The van der Waals surface area contributed by atoms with Crippen LogP contribution in [0, 0.1) is 0 Å². The quantitative estimate of drug-likeness (QED) is 0.548. The molecule has 1 atom stereocenters. The fourth-order valence-electron chi connectivity index (χ4n) is 0.886. The number of hydrogen-bond donors (Lipinski definition) is 1. The monoisotopic (exact) mass is 221 g/mol. The molecule has 56 valence electrons. The zero-order chi connectivity index (χ0) is 5.98. The summed E-state index contributed by atoms with van der Waals surface area (Å²) in [6.45, 7) is 0.818. The Kier molecular flexibility index (Phi) is 4.14. The first-order valence-corrected chi connectivity index (χ1v) is 2.75. The maximum Gasteiger partial charge on any atom is 1.00 e. The van der Waals surface area contributed by atoms with Gasteiger partial charge in [0.25, 0.3) is 0 Å². The van der Waals surface area contributed by atoms with Crippen LogP contribution in [0.1, 0.15) is 12.8 Å². The molecular formula is C5H8AgNO2. The number of nitrogens with one attached hydrogen (secondary N) is 1. The summed E-state index contributed by atoms with van der Waals surface area (Å²) in [6, 6.07) is -0.380. The van der Waals surface area contributed by atoms with Crippen LogP contribution in [0.5, 0.6) is 0 Å². The SMILES string of the molecule is O=C([O-])[C@@H]1CCCN1.[Ag+]. The third-order valence-corrected chi connectivity index (χ3v) is 1.34. The van der Waals surface area contributed by atoms with Crippen molar-refractivity contribution in [2.75, 3.05) is 6.54 Å². The van der Waals surface area contributed by atoms with E-state index in [0.29, 0.717) is 0 Å². The number of carbonyl (C=O) groups is 1. The number of carbonyl (C=O) groups excluding carboxylic acids is 1. The van der Waals surface area contributed by atoms with Gasteiger partial charge < -0.3 is 15.2 Å². The van der Waals surface area contributed by atoms with Crippen LogP contribution < -0.4 is 10.4 Å². The molecule has 0 radical (unpaired) electrons. The smallest absolute Gasteiger partial charge is 0.548 e. The van der Waals surface area contributed by atoms with Crippen molar-refractivity contribution in [3.8, 4) is 0 Å². The van der Waals surface area contributed by atoms with Crippen LogP contribution in [0.3, 0.4) is 0 Å². The van der Waals surface area contributed by atoms with Crippen LogP contribution in [0.15, 0.2) is 0 Å². The molecule has 0 aromatic heterocycles. The van der Waals surface area contributed by atoms with Gasteiger partial charge in [-0.1, -0.05) is 0 Å². The van der Waals surface area contributed by atoms with E-state index in [1.165, 1.54) is 0 Å². The number of carboxylic acid groups (broad SMARTS) is 1. The van der Waals surface area contributed by atoms with E-state index in [4.69, 9.17) is 0 Å². The summed E-state index contributed by atoms with van der Waals surface area (Å²) in [5.41, 5.74) is 0. The molecule has 1 saturated heterocycles. The van der Waals surface area contributed by atoms with Crippen LogP contribution >= 0.6 is 0 Å². The first kappa shape index (κ1) is 9.17. The molecule has 1 N–H and O–H groups in total. The summed E-state index contributed by atoms with van der Waals surface area (Å²) in [5.74, 6) is -0.970. The Morgan fingerprint density at radius 1 is 1.67 bits per heavy atom. The molecule has 1 heterocycles. The second-order valence-corrected chi connectivity index (χ2v) is 1.97. The van der Waals surface area contributed by atoms with Crippen molar-refractivity contribution in [3.63, 3.8) is 0 Å². The predicted octanol–water partition coefficient (Wildman–Crippen LogP) is -1.51. The second kappa shape index (κ2) is 4.06. The Bertz CT molecular complexity index is 101. The summed E-state index contributed by atoms with van der Waals surface area (Å²) >= 11 is 0. The van der Waals surface area contributed by atoms with Crippen molar-refractivity contribution >= 4 is 5.97 Å². The molecule has 4 heteroatoms. The molecule has 1 aliphatic heterocycles. The molecule has 0 unspecified atom stereocenters. The summed E-state index contributed by atoms with van der Waals surface area (Å²) in [4.78, 5) is 10.0. The Labute approximate surface area is 69.3 Å². The number of hydrogen-bond acceptors (Lipinski definition) is 3. The van der Waals surface area contributed by atoms with Gasteiger partial charge in [0, 0.05) is 6.04 Å². The number of rotatable bonds is 1. The molecule has 0 saturated carbocycles. The van der Waals surface area contributed by atoms with E-state index in [0.717, 1.165) is 19.4 Å². The van der Waals surface area contributed by atoms with Crippen molar-refractivity contribution in [1.82, 2.24) is 5.32 Å². The van der Waals surface area contributed by atoms with Crippen LogP contribution in [-0.4, -0.2) is 18.6 Å². The van der Waals surface area contributed by atoms with Crippen LogP contribution in [-0.2, 0) is 27.2 Å². The van der Waals surface area contributed by atoms with Crippen molar-refractivity contribution in [2.45, 2.75) is 18.9 Å². The first-order chi connectivity index (χ1) is 3.80. The topological polar surface area (TPSA) is 52.2 Å². The zero-order valence-electron chi connectivity index (χ0n) is 4.82. The molecule has 0 aromatic carbocycles. The molecule has 0 amide bonds. The van der Waals surface area contributed by atoms with Gasteiger partial charge in [-0.3, -0.25) is 0 Å². The van der Waals surface area contributed by atoms with E-state index in [1.54, 1.807) is 0 Å². The van der Waals surface area contributed by atoms with Gasteiger partial charge in [-0.05, 0) is 19.4 Å². The molecule has 3 nitrogen and oxygen atoms in total. The van der Waals surface area contributed by atoms with E-state index in [-0.39, 0.29) is 28.4 Å². The van der Waals surface area contributed by atoms with E-state index in [2.05, 4.69) is 5.32 Å². The average Bonchev–Trinajstić information content (AvgIpc) is 2.12. The van der Waals surface area contributed by atoms with Gasteiger partial charge in [-0.2, -0.15) is 0 Å². The van der Waals surface area contributed by atoms with Gasteiger partial charge in [-0.25, -0.2) is 0 Å². The fraction of sp³-hybridized carbons (Fsp3) is 0.800. The summed E-state index contributed by atoms with van der Waals surface area (Å²) < 4.78 is 0. The van der Waals surface area contributed by atoms with Gasteiger partial charge in [0.15, 0.2) is 0 Å². The van der Waals surface area contributed by atoms with Gasteiger partial charge in [0.1, 0.15) is 0 Å². The third-order valence-electron chi connectivity index (χ3n) is 1.34. The van der Waals surface area contributed by atoms with Crippen LogP contribution in [0.25, 0.3) is 0 Å². The first-order valence-electron chi connectivity index (χ1n) is 2.75. The zero-order valence-corrected chi connectivity index (χ0v) is 6.30. The molecule has 9 heavy (non-hydrogen) atoms. The van der Waals surface area contributed by atoms with E-state index >= 15 is 0 Å². The predicted molar refractivity (Wildman–Crippen MR) is 26.0 cm³/mol. The summed E-state index contributed by atoms with van der Waals surface area (Å²) in [6.07, 6.45) is 1.68. The molecule has 1 rings (SSSR count). The largest absolute Gasteiger partial charge is 1.00 e. The fourth-order valence-corrected chi connectivity index (χ4v) is 0.886. The number of carboxylic acids is 1. The molecular weight excluding hydrogens is 214 g/mol. The van der Waals surface area contributed by atoms with E-state index in [9.17, 15) is 9.90 Å². The van der Waals surface area contributed by atoms with E-state index in [1.807, 2.05) is 0 Å². The van der Waals surface area contributed by atoms with Gasteiger partial charge in [0.2, 0.25) is 0 Å². The average molecular weight is 222 g/mol. The molecule has 0 aromatic rings. The molecule has 0 spiro atoms. The second-order valence-electron chi connectivity index (χ2n) is 1.97. The molecule has 1 fully saturated rings.